The molecular formula is C16H15BrN2O. The first-order chi connectivity index (χ1) is 9.60. The van der Waals surface area contributed by atoms with E-state index in [-0.39, 0.29) is 18.5 Å². The van der Waals surface area contributed by atoms with Gasteiger partial charge in [-0.25, -0.2) is 0 Å². The lowest BCUT2D eigenvalue weighted by molar-refractivity contribution is -0.121. The summed E-state index contributed by atoms with van der Waals surface area (Å²) in [7, 11) is 0. The Morgan fingerprint density at radius 2 is 2.00 bits per heavy atom. The molecule has 2 N–H and O–H groups in total. The number of halogens is 1. The van der Waals surface area contributed by atoms with Crippen LogP contribution in [0.15, 0.2) is 40.9 Å². The van der Waals surface area contributed by atoms with E-state index in [1.165, 1.54) is 0 Å². The molecular weight excluding hydrogens is 316 g/mol. The van der Waals surface area contributed by atoms with Crippen molar-refractivity contribution in [3.63, 3.8) is 0 Å². The quantitative estimate of drug-likeness (QED) is 0.845. The van der Waals surface area contributed by atoms with Crippen molar-refractivity contribution in [1.29, 1.82) is 0 Å². The van der Waals surface area contributed by atoms with Crippen LogP contribution in [0.5, 0.6) is 0 Å². The molecule has 3 nitrogen and oxygen atoms in total. The average Bonchev–Trinajstić information content (AvgIpc) is 2.44. The van der Waals surface area contributed by atoms with E-state index >= 15 is 0 Å². The molecule has 0 aliphatic rings. The molecule has 0 heterocycles. The van der Waals surface area contributed by atoms with Crippen molar-refractivity contribution in [1.82, 2.24) is 5.32 Å². The Bertz CT molecular complexity index is 676. The minimum absolute atomic E-state index is 0.112. The van der Waals surface area contributed by atoms with Crippen LogP contribution in [-0.4, -0.2) is 18.5 Å². The predicted octanol–water partition coefficient (Wildman–Crippen LogP) is 3.15. The summed E-state index contributed by atoms with van der Waals surface area (Å²) in [6.07, 6.45) is 5.11. The van der Waals surface area contributed by atoms with Crippen LogP contribution in [0, 0.1) is 12.3 Å². The normalized spacial score (nSPS) is 11.7. The highest BCUT2D eigenvalue weighted by Crippen LogP contribution is 2.23. The molecule has 2 aromatic rings. The van der Waals surface area contributed by atoms with Crippen LogP contribution in [0.2, 0.25) is 0 Å². The molecule has 1 atom stereocenters. The van der Waals surface area contributed by atoms with Gasteiger partial charge in [0.05, 0.1) is 6.54 Å². The first-order valence-electron chi connectivity index (χ1n) is 6.27. The lowest BCUT2D eigenvalue weighted by Crippen LogP contribution is -2.37. The van der Waals surface area contributed by atoms with Crippen LogP contribution < -0.4 is 10.6 Å². The molecule has 0 spiro atoms. The van der Waals surface area contributed by atoms with E-state index < -0.39 is 0 Å². The molecule has 2 aromatic carbocycles. The maximum Gasteiger partial charge on any atom is 0.242 e. The van der Waals surface area contributed by atoms with Gasteiger partial charge in [0.25, 0.3) is 0 Å². The van der Waals surface area contributed by atoms with E-state index in [0.29, 0.717) is 0 Å². The van der Waals surface area contributed by atoms with Gasteiger partial charge in [-0.3, -0.25) is 4.79 Å². The number of terminal acetylenes is 1. The Labute approximate surface area is 126 Å². The number of rotatable bonds is 4. The smallest absolute Gasteiger partial charge is 0.242 e. The van der Waals surface area contributed by atoms with Crippen molar-refractivity contribution >= 4 is 38.3 Å². The van der Waals surface area contributed by atoms with Gasteiger partial charge in [0.2, 0.25) is 5.91 Å². The Kier molecular flexibility index (Phi) is 4.65. The fourth-order valence-electron chi connectivity index (χ4n) is 1.91. The monoisotopic (exact) mass is 330 g/mol. The lowest BCUT2D eigenvalue weighted by Gasteiger charge is -2.15. The zero-order valence-electron chi connectivity index (χ0n) is 11.1. The van der Waals surface area contributed by atoms with Crippen LogP contribution in [0.4, 0.5) is 5.69 Å². The summed E-state index contributed by atoms with van der Waals surface area (Å²) in [6.45, 7) is 2.05. The number of amides is 1. The van der Waals surface area contributed by atoms with Crippen LogP contribution in [-0.2, 0) is 4.79 Å². The van der Waals surface area contributed by atoms with Crippen molar-refractivity contribution in [2.45, 2.75) is 13.0 Å². The third-order valence-corrected chi connectivity index (χ3v) is 3.44. The number of anilines is 1. The number of nitrogens with one attached hydrogen (secondary N) is 2. The van der Waals surface area contributed by atoms with Crippen molar-refractivity contribution in [3.8, 4) is 12.3 Å². The topological polar surface area (TPSA) is 41.1 Å². The third-order valence-electron chi connectivity index (χ3n) is 2.94. The molecule has 20 heavy (non-hydrogen) atoms. The van der Waals surface area contributed by atoms with Gasteiger partial charge >= 0.3 is 0 Å². The first-order valence-corrected chi connectivity index (χ1v) is 7.06. The number of fused-ring (bicyclic) bond motifs is 1. The molecule has 0 bridgehead atoms. The van der Waals surface area contributed by atoms with E-state index in [4.69, 9.17) is 6.42 Å². The molecule has 0 fully saturated rings. The van der Waals surface area contributed by atoms with Gasteiger partial charge < -0.3 is 10.6 Å². The molecule has 0 aliphatic carbocycles. The predicted molar refractivity (Wildman–Crippen MR) is 86.6 cm³/mol. The van der Waals surface area contributed by atoms with Crippen molar-refractivity contribution in [2.24, 2.45) is 0 Å². The molecule has 0 saturated heterocycles. The minimum atomic E-state index is -0.337. The fraction of sp³-hybridized carbons (Fsp3) is 0.188. The van der Waals surface area contributed by atoms with Gasteiger partial charge in [-0.2, -0.15) is 0 Å². The van der Waals surface area contributed by atoms with Gasteiger partial charge in [-0.1, -0.05) is 34.0 Å². The molecule has 0 radical (unpaired) electrons. The maximum absolute atomic E-state index is 11.7. The van der Waals surface area contributed by atoms with Gasteiger partial charge in [0, 0.05) is 10.2 Å². The zero-order valence-corrected chi connectivity index (χ0v) is 12.7. The summed E-state index contributed by atoms with van der Waals surface area (Å²) >= 11 is 3.45. The average molecular weight is 331 g/mol. The second-order valence-electron chi connectivity index (χ2n) is 4.49. The number of benzene rings is 2. The van der Waals surface area contributed by atoms with E-state index in [0.717, 1.165) is 20.9 Å². The molecule has 0 saturated carbocycles. The van der Waals surface area contributed by atoms with Crippen LogP contribution in [0.25, 0.3) is 10.8 Å². The van der Waals surface area contributed by atoms with Gasteiger partial charge in [0.15, 0.2) is 0 Å². The van der Waals surface area contributed by atoms with Gasteiger partial charge in [-0.05, 0) is 42.0 Å². The fourth-order valence-corrected chi connectivity index (χ4v) is 2.29. The number of hydrogen-bond donors (Lipinski definition) is 2. The van der Waals surface area contributed by atoms with Crippen molar-refractivity contribution < 1.29 is 4.79 Å². The second kappa shape index (κ2) is 6.44. The van der Waals surface area contributed by atoms with Crippen molar-refractivity contribution in [2.75, 3.05) is 11.9 Å². The van der Waals surface area contributed by atoms with E-state index in [1.807, 2.05) is 30.3 Å². The summed E-state index contributed by atoms with van der Waals surface area (Å²) in [5.74, 6) is 2.27. The maximum atomic E-state index is 11.7. The summed E-state index contributed by atoms with van der Waals surface area (Å²) < 4.78 is 1.05. The highest BCUT2D eigenvalue weighted by molar-refractivity contribution is 9.10. The SMILES string of the molecule is C#CCNC(=O)C(C)Nc1ccc2cc(Br)ccc2c1. The van der Waals surface area contributed by atoms with Crippen molar-refractivity contribution in [3.05, 3.63) is 40.9 Å². The van der Waals surface area contributed by atoms with Gasteiger partial charge in [-0.15, -0.1) is 6.42 Å². The van der Waals surface area contributed by atoms with Crippen LogP contribution in [0.3, 0.4) is 0 Å². The highest BCUT2D eigenvalue weighted by Gasteiger charge is 2.11. The summed E-state index contributed by atoms with van der Waals surface area (Å²) in [5, 5.41) is 8.09. The number of carbonyl (C=O) groups excluding carboxylic acids is 1. The Balaban J connectivity index is 2.12. The van der Waals surface area contributed by atoms with Crippen LogP contribution >= 0.6 is 15.9 Å². The highest BCUT2D eigenvalue weighted by atomic mass is 79.9. The molecule has 1 amide bonds. The molecule has 0 aliphatic heterocycles. The molecule has 102 valence electrons. The second-order valence-corrected chi connectivity index (χ2v) is 5.41. The lowest BCUT2D eigenvalue weighted by atomic mass is 10.1. The number of carbonyl (C=O) groups is 1. The first kappa shape index (κ1) is 14.4. The third kappa shape index (κ3) is 3.52. The van der Waals surface area contributed by atoms with Gasteiger partial charge in [0.1, 0.15) is 6.04 Å². The minimum Gasteiger partial charge on any atom is -0.374 e. The molecule has 2 rings (SSSR count). The van der Waals surface area contributed by atoms with Crippen LogP contribution in [0.1, 0.15) is 6.92 Å². The van der Waals surface area contributed by atoms with E-state index in [2.05, 4.69) is 38.6 Å². The summed E-state index contributed by atoms with van der Waals surface area (Å²) in [5.41, 5.74) is 0.906. The van der Waals surface area contributed by atoms with E-state index in [9.17, 15) is 4.79 Å². The largest absolute Gasteiger partial charge is 0.374 e. The molecule has 1 unspecified atom stereocenters. The zero-order chi connectivity index (χ0) is 14.5. The Hall–Kier alpha value is -1.99. The Morgan fingerprint density at radius 1 is 1.30 bits per heavy atom. The summed E-state index contributed by atoms with van der Waals surface area (Å²) in [6, 6.07) is 11.8. The Morgan fingerprint density at radius 3 is 2.75 bits per heavy atom. The molecule has 0 aromatic heterocycles. The standard InChI is InChI=1S/C16H15BrN2O/c1-3-8-18-16(20)11(2)19-15-7-5-12-9-14(17)6-4-13(12)10-15/h1,4-7,9-11,19H,8H2,2H3,(H,18,20). The summed E-state index contributed by atoms with van der Waals surface area (Å²) in [4.78, 5) is 11.7. The molecule has 4 heteroatoms. The number of hydrogen-bond acceptors (Lipinski definition) is 2. The van der Waals surface area contributed by atoms with E-state index in [1.54, 1.807) is 6.92 Å².